The Bertz CT molecular complexity index is 2510. The normalized spacial score (nSPS) is 14.7. The predicted octanol–water partition coefficient (Wildman–Crippen LogP) is 22.7. The summed E-state index contributed by atoms with van der Waals surface area (Å²) in [5.74, 6) is -2.29. The molecule has 0 saturated carbocycles. The van der Waals surface area contributed by atoms with Gasteiger partial charge >= 0.3 is 39.5 Å². The van der Waals surface area contributed by atoms with E-state index in [9.17, 15) is 43.2 Å². The van der Waals surface area contributed by atoms with Gasteiger partial charge in [0.25, 0.3) is 0 Å². The minimum atomic E-state index is -5.00. The number of phosphoric acid groups is 2. The van der Waals surface area contributed by atoms with Crippen LogP contribution < -0.4 is 0 Å². The first kappa shape index (κ1) is 96.9. The lowest BCUT2D eigenvalue weighted by atomic mass is 10.1. The van der Waals surface area contributed by atoms with Crippen LogP contribution in [-0.2, 0) is 65.4 Å². The molecule has 17 nitrogen and oxygen atoms in total. The van der Waals surface area contributed by atoms with E-state index < -0.39 is 97.5 Å². The monoisotopic (exact) mass is 1470 g/mol. The summed E-state index contributed by atoms with van der Waals surface area (Å²) in [6, 6.07) is 0. The zero-order valence-electron chi connectivity index (χ0n) is 63.5. The van der Waals surface area contributed by atoms with Crippen molar-refractivity contribution < 1.29 is 80.2 Å². The highest BCUT2D eigenvalue weighted by molar-refractivity contribution is 7.47. The molecular weight excluding hydrogens is 1330 g/mol. The van der Waals surface area contributed by atoms with E-state index in [0.717, 1.165) is 193 Å². The van der Waals surface area contributed by atoms with E-state index in [1.807, 2.05) is 12.2 Å². The highest BCUT2D eigenvalue weighted by atomic mass is 31.2. The van der Waals surface area contributed by atoms with Gasteiger partial charge in [0.1, 0.15) is 19.3 Å². The van der Waals surface area contributed by atoms with Gasteiger partial charge in [0.05, 0.1) is 26.4 Å². The quantitative estimate of drug-likeness (QED) is 0.0169. The van der Waals surface area contributed by atoms with E-state index >= 15 is 0 Å². The third-order valence-electron chi connectivity index (χ3n) is 15.7. The van der Waals surface area contributed by atoms with Crippen LogP contribution in [0.1, 0.15) is 297 Å². The van der Waals surface area contributed by atoms with Crippen LogP contribution in [0.3, 0.4) is 0 Å². The third kappa shape index (κ3) is 73.3. The van der Waals surface area contributed by atoms with Crippen molar-refractivity contribution in [3.63, 3.8) is 0 Å². The van der Waals surface area contributed by atoms with Gasteiger partial charge in [-0.2, -0.15) is 0 Å². The fourth-order valence-electron chi connectivity index (χ4n) is 9.81. The largest absolute Gasteiger partial charge is 0.472 e. The zero-order chi connectivity index (χ0) is 74.6. The van der Waals surface area contributed by atoms with Crippen molar-refractivity contribution in [3.05, 3.63) is 146 Å². The predicted molar refractivity (Wildman–Crippen MR) is 417 cm³/mol. The topological polar surface area (TPSA) is 237 Å². The molecule has 19 heteroatoms. The molecule has 0 radical (unpaired) electrons. The maximum Gasteiger partial charge on any atom is 0.472 e. The van der Waals surface area contributed by atoms with Gasteiger partial charge < -0.3 is 33.8 Å². The first-order chi connectivity index (χ1) is 49.7. The number of hydrogen-bond acceptors (Lipinski definition) is 15. The summed E-state index contributed by atoms with van der Waals surface area (Å²) in [6.07, 6.45) is 84.1. The summed E-state index contributed by atoms with van der Waals surface area (Å²) < 4.78 is 68.4. The number of ether oxygens (including phenoxy) is 4. The first-order valence-corrected chi connectivity index (χ1v) is 42.1. The highest BCUT2D eigenvalue weighted by Crippen LogP contribution is 2.45. The van der Waals surface area contributed by atoms with E-state index in [1.165, 1.54) is 19.3 Å². The van der Waals surface area contributed by atoms with E-state index in [0.29, 0.717) is 32.1 Å². The molecule has 3 N–H and O–H groups in total. The Kier molecular flexibility index (Phi) is 70.5. The molecule has 0 rings (SSSR count). The Morgan fingerprint density at radius 2 is 0.539 bits per heavy atom. The van der Waals surface area contributed by atoms with Gasteiger partial charge in [-0.05, 0) is 154 Å². The Hall–Kier alpha value is -5.06. The molecule has 0 spiro atoms. The lowest BCUT2D eigenvalue weighted by Crippen LogP contribution is -2.30. The van der Waals surface area contributed by atoms with Crippen molar-refractivity contribution in [3.8, 4) is 0 Å². The minimum absolute atomic E-state index is 0.00893. The van der Waals surface area contributed by atoms with Crippen LogP contribution >= 0.6 is 15.6 Å². The number of esters is 4. The van der Waals surface area contributed by atoms with Gasteiger partial charge in [-0.3, -0.25) is 37.3 Å². The number of allylic oxidation sites excluding steroid dienone is 24. The van der Waals surface area contributed by atoms with Crippen molar-refractivity contribution in [2.24, 2.45) is 0 Å². The summed E-state index contributed by atoms with van der Waals surface area (Å²) in [7, 11) is -9.99. The Balaban J connectivity index is 5.44. The maximum atomic E-state index is 13.1. The molecule has 0 saturated heterocycles. The molecule has 0 aromatic carbocycles. The molecule has 5 unspecified atom stereocenters. The van der Waals surface area contributed by atoms with Gasteiger partial charge in [0, 0.05) is 25.7 Å². The van der Waals surface area contributed by atoms with Crippen molar-refractivity contribution >= 4 is 39.5 Å². The van der Waals surface area contributed by atoms with Crippen molar-refractivity contribution in [1.29, 1.82) is 0 Å². The summed E-state index contributed by atoms with van der Waals surface area (Å²) in [5, 5.41) is 10.6. The standard InChI is InChI=1S/C83H138O17P2/c1-5-9-13-17-21-25-29-33-35-37-38-40-41-45-48-52-56-60-64-68-81(86)94-74-79(100-83(88)70-66-62-58-54-50-46-42-39-36-34-30-26-22-18-14-10-6-2)76-98-102(91,92)96-72-77(84)71-95-101(89,90)97-75-78(99-82(87)69-65-61-57-53-49-44-32-28-24-20-16-12-8-4)73-93-80(85)67-63-59-55-51-47-43-31-27-23-19-15-11-7-3/h10,14-16,19-22,25-28,31-36,38,40,42,46,54,58,77-79,84H,5-9,11-13,17-18,23-24,29-30,37,39,41,43-45,47-53,55-57,59-76H2,1-4H3,(H,89,90)(H,91,92)/b14-10-,19-15-,20-16-,25-21-,26-22-,31-27-,32-28-,35-33-,36-34-,40-38-,46-42-,58-54-. The second kappa shape index (κ2) is 74.2. The smallest absolute Gasteiger partial charge is 0.462 e. The number of aliphatic hydroxyl groups excluding tert-OH is 1. The molecule has 582 valence electrons. The Morgan fingerprint density at radius 1 is 0.284 bits per heavy atom. The van der Waals surface area contributed by atoms with Crippen molar-refractivity contribution in [2.75, 3.05) is 39.6 Å². The van der Waals surface area contributed by atoms with Gasteiger partial charge in [-0.1, -0.05) is 263 Å². The SMILES string of the molecule is CC/C=C\C/C=C\C/C=C\C/C=C\C/C=C\CCCC(=O)OC(COC(=O)CCCCCCCC/C=C\C/C=C\C/C=C\CCCCC)COP(=O)(O)OCC(O)COP(=O)(O)OCC(COC(=O)CCCCCCC/C=C\C/C=C\CCC)OC(=O)CCCCCCC/C=C\C/C=C\CCC. The van der Waals surface area contributed by atoms with Crippen LogP contribution in [0, 0.1) is 0 Å². The molecule has 5 atom stereocenters. The molecule has 0 heterocycles. The maximum absolute atomic E-state index is 13.1. The first-order valence-electron chi connectivity index (χ1n) is 39.1. The van der Waals surface area contributed by atoms with E-state index in [2.05, 4.69) is 161 Å². The third-order valence-corrected chi connectivity index (χ3v) is 17.6. The van der Waals surface area contributed by atoms with Crippen LogP contribution in [0.2, 0.25) is 0 Å². The summed E-state index contributed by atoms with van der Waals surface area (Å²) in [6.45, 7) is 4.48. The molecule has 102 heavy (non-hydrogen) atoms. The molecule has 0 aliphatic rings. The minimum Gasteiger partial charge on any atom is -0.462 e. The fraction of sp³-hybridized carbons (Fsp3) is 0.663. The second-order valence-electron chi connectivity index (χ2n) is 25.6. The van der Waals surface area contributed by atoms with Crippen LogP contribution in [-0.4, -0.2) is 96.7 Å². The van der Waals surface area contributed by atoms with Gasteiger partial charge in [0.2, 0.25) is 0 Å². The molecule has 0 aromatic heterocycles. The molecule has 0 aliphatic carbocycles. The molecule has 0 amide bonds. The molecular formula is C83H138O17P2. The van der Waals surface area contributed by atoms with Gasteiger partial charge in [-0.25, -0.2) is 9.13 Å². The average molecular weight is 1470 g/mol. The average Bonchev–Trinajstić information content (AvgIpc) is 0.908. The Morgan fingerprint density at radius 3 is 0.863 bits per heavy atom. The zero-order valence-corrected chi connectivity index (χ0v) is 65.3. The van der Waals surface area contributed by atoms with E-state index in [-0.39, 0.29) is 25.7 Å². The summed E-state index contributed by atoms with van der Waals surface area (Å²) >= 11 is 0. The number of carbonyl (C=O) groups is 4. The van der Waals surface area contributed by atoms with E-state index in [4.69, 9.17) is 37.0 Å². The number of rotatable bonds is 72. The highest BCUT2D eigenvalue weighted by Gasteiger charge is 2.30. The molecule has 0 fully saturated rings. The van der Waals surface area contributed by atoms with Crippen molar-refractivity contribution in [2.45, 2.75) is 316 Å². The van der Waals surface area contributed by atoms with Crippen molar-refractivity contribution in [1.82, 2.24) is 0 Å². The van der Waals surface area contributed by atoms with Crippen LogP contribution in [0.5, 0.6) is 0 Å². The second-order valence-corrected chi connectivity index (χ2v) is 28.5. The lowest BCUT2D eigenvalue weighted by molar-refractivity contribution is -0.161. The fourth-order valence-corrected chi connectivity index (χ4v) is 11.4. The van der Waals surface area contributed by atoms with Crippen LogP contribution in [0.25, 0.3) is 0 Å². The van der Waals surface area contributed by atoms with E-state index in [1.54, 1.807) is 0 Å². The molecule has 0 aliphatic heterocycles. The number of phosphoric ester groups is 2. The number of hydrogen-bond donors (Lipinski definition) is 3. The lowest BCUT2D eigenvalue weighted by Gasteiger charge is -2.21. The number of carbonyl (C=O) groups excluding carboxylic acids is 4. The van der Waals surface area contributed by atoms with Crippen LogP contribution in [0.15, 0.2) is 146 Å². The molecule has 0 bridgehead atoms. The van der Waals surface area contributed by atoms with Gasteiger partial charge in [0.15, 0.2) is 12.2 Å². The van der Waals surface area contributed by atoms with Gasteiger partial charge in [-0.15, -0.1) is 0 Å². The number of unbranched alkanes of at least 4 members (excludes halogenated alkanes) is 22. The number of aliphatic hydroxyl groups is 1. The summed E-state index contributed by atoms with van der Waals surface area (Å²) in [4.78, 5) is 72.9. The Labute approximate surface area is 617 Å². The molecule has 0 aromatic rings. The summed E-state index contributed by atoms with van der Waals surface area (Å²) in [5.41, 5.74) is 0. The van der Waals surface area contributed by atoms with Crippen LogP contribution in [0.4, 0.5) is 0 Å².